The van der Waals surface area contributed by atoms with Crippen LogP contribution >= 0.6 is 11.6 Å². The van der Waals surface area contributed by atoms with Crippen LogP contribution in [0.15, 0.2) is 18.2 Å². The topological polar surface area (TPSA) is 33.1 Å². The van der Waals surface area contributed by atoms with Crippen molar-refractivity contribution in [2.24, 2.45) is 0 Å². The van der Waals surface area contributed by atoms with E-state index >= 15 is 0 Å². The zero-order valence-electron chi connectivity index (χ0n) is 12.2. The van der Waals surface area contributed by atoms with E-state index in [-0.39, 0.29) is 0 Å². The van der Waals surface area contributed by atoms with Gasteiger partial charge in [0.15, 0.2) is 0 Å². The summed E-state index contributed by atoms with van der Waals surface area (Å²) in [6, 6.07) is 6.68. The van der Waals surface area contributed by atoms with Gasteiger partial charge in [-0.05, 0) is 50.6 Å². The molecule has 1 aromatic carbocycles. The van der Waals surface area contributed by atoms with Gasteiger partial charge in [0.2, 0.25) is 0 Å². The molecule has 5 heteroatoms. The molecular weight excluding hydrogens is 284 g/mol. The fraction of sp³-hybridized carbons (Fsp3) is 0.562. The first-order valence-corrected chi connectivity index (χ1v) is 8.28. The Morgan fingerprint density at radius 1 is 1.24 bits per heavy atom. The summed E-state index contributed by atoms with van der Waals surface area (Å²) in [4.78, 5) is 7.40. The van der Waals surface area contributed by atoms with Gasteiger partial charge in [-0.15, -0.1) is 0 Å². The summed E-state index contributed by atoms with van der Waals surface area (Å²) in [6.07, 6.45) is 3.76. The van der Waals surface area contributed by atoms with Crippen LogP contribution in [-0.4, -0.2) is 40.6 Å². The van der Waals surface area contributed by atoms with E-state index in [4.69, 9.17) is 16.6 Å². The molecule has 1 saturated heterocycles. The van der Waals surface area contributed by atoms with Crippen LogP contribution in [0, 0.1) is 0 Å². The monoisotopic (exact) mass is 304 g/mol. The lowest BCUT2D eigenvalue weighted by Gasteiger charge is -2.19. The molecule has 1 aliphatic heterocycles. The minimum absolute atomic E-state index is 0.633. The highest BCUT2D eigenvalue weighted by molar-refractivity contribution is 6.31. The van der Waals surface area contributed by atoms with Crippen LogP contribution in [-0.2, 0) is 6.54 Å². The minimum atomic E-state index is 0.633. The first-order valence-electron chi connectivity index (χ1n) is 7.91. The van der Waals surface area contributed by atoms with Gasteiger partial charge < -0.3 is 9.88 Å². The van der Waals surface area contributed by atoms with E-state index in [1.165, 1.54) is 30.6 Å². The maximum atomic E-state index is 6.18. The van der Waals surface area contributed by atoms with Gasteiger partial charge in [0, 0.05) is 24.2 Å². The van der Waals surface area contributed by atoms with E-state index in [2.05, 4.69) is 20.9 Å². The Bertz CT molecular complexity index is 639. The molecule has 1 saturated carbocycles. The summed E-state index contributed by atoms with van der Waals surface area (Å²) >= 11 is 6.18. The number of nitrogens with zero attached hydrogens (tertiary/aromatic N) is 3. The van der Waals surface area contributed by atoms with E-state index in [0.717, 1.165) is 43.3 Å². The Labute approximate surface area is 130 Å². The third kappa shape index (κ3) is 2.80. The predicted octanol–water partition coefficient (Wildman–Crippen LogP) is 2.82. The molecule has 0 unspecified atom stereocenters. The molecule has 2 heterocycles. The smallest absolute Gasteiger partial charge is 0.124 e. The third-order valence-electron chi connectivity index (χ3n) is 4.43. The minimum Gasteiger partial charge on any atom is -0.324 e. The molecule has 21 heavy (non-hydrogen) atoms. The maximum absolute atomic E-state index is 6.18. The summed E-state index contributed by atoms with van der Waals surface area (Å²) in [6.45, 7) is 5.42. The van der Waals surface area contributed by atoms with Crippen molar-refractivity contribution < 1.29 is 0 Å². The normalized spacial score (nSPS) is 20.8. The van der Waals surface area contributed by atoms with Crippen molar-refractivity contribution >= 4 is 22.6 Å². The van der Waals surface area contributed by atoms with Gasteiger partial charge in [0.05, 0.1) is 17.6 Å². The number of halogens is 1. The molecule has 2 fully saturated rings. The van der Waals surface area contributed by atoms with Crippen LogP contribution in [0.2, 0.25) is 5.02 Å². The van der Waals surface area contributed by atoms with Crippen molar-refractivity contribution in [3.8, 4) is 0 Å². The van der Waals surface area contributed by atoms with Gasteiger partial charge >= 0.3 is 0 Å². The number of aromatic nitrogens is 2. The molecule has 2 aliphatic rings. The molecule has 2 aromatic rings. The molecule has 0 radical (unpaired) electrons. The zero-order valence-corrected chi connectivity index (χ0v) is 12.9. The van der Waals surface area contributed by atoms with Crippen molar-refractivity contribution in [1.29, 1.82) is 0 Å². The highest BCUT2D eigenvalue weighted by Gasteiger charge is 2.28. The van der Waals surface area contributed by atoms with Crippen LogP contribution in [0.4, 0.5) is 0 Å². The lowest BCUT2D eigenvalue weighted by molar-refractivity contribution is 0.273. The van der Waals surface area contributed by atoms with E-state index in [1.807, 2.05) is 12.1 Å². The van der Waals surface area contributed by atoms with E-state index < -0.39 is 0 Å². The van der Waals surface area contributed by atoms with Gasteiger partial charge in [-0.3, -0.25) is 4.90 Å². The molecule has 1 N–H and O–H groups in total. The highest BCUT2D eigenvalue weighted by Crippen LogP contribution is 2.39. The number of hydrogen-bond acceptors (Lipinski definition) is 3. The SMILES string of the molecule is Clc1ccc2nc(CN3CCCNCC3)n(C3CC3)c2c1. The van der Waals surface area contributed by atoms with Gasteiger partial charge in [0.1, 0.15) is 5.82 Å². The molecule has 1 aliphatic carbocycles. The second kappa shape index (κ2) is 5.59. The second-order valence-electron chi connectivity index (χ2n) is 6.14. The Morgan fingerprint density at radius 3 is 3.00 bits per heavy atom. The fourth-order valence-electron chi connectivity index (χ4n) is 3.23. The lowest BCUT2D eigenvalue weighted by atomic mass is 10.3. The van der Waals surface area contributed by atoms with Crippen molar-refractivity contribution in [2.75, 3.05) is 26.2 Å². The lowest BCUT2D eigenvalue weighted by Crippen LogP contribution is -2.29. The second-order valence-corrected chi connectivity index (χ2v) is 6.58. The van der Waals surface area contributed by atoms with Gasteiger partial charge in [-0.2, -0.15) is 0 Å². The molecule has 1 aromatic heterocycles. The van der Waals surface area contributed by atoms with Gasteiger partial charge in [0.25, 0.3) is 0 Å². The highest BCUT2D eigenvalue weighted by atomic mass is 35.5. The van der Waals surface area contributed by atoms with Crippen LogP contribution in [0.1, 0.15) is 31.1 Å². The van der Waals surface area contributed by atoms with E-state index in [9.17, 15) is 0 Å². The maximum Gasteiger partial charge on any atom is 0.124 e. The molecular formula is C16H21ClN4. The number of rotatable bonds is 3. The van der Waals surface area contributed by atoms with Crippen molar-refractivity contribution in [1.82, 2.24) is 19.8 Å². The number of nitrogens with one attached hydrogen (secondary N) is 1. The van der Waals surface area contributed by atoms with Crippen molar-refractivity contribution in [3.05, 3.63) is 29.0 Å². The molecule has 0 spiro atoms. The molecule has 4 nitrogen and oxygen atoms in total. The third-order valence-corrected chi connectivity index (χ3v) is 4.67. The average Bonchev–Trinajstić information content (AvgIpc) is 3.27. The van der Waals surface area contributed by atoms with Crippen molar-refractivity contribution in [2.45, 2.75) is 31.8 Å². The molecule has 0 atom stereocenters. The number of hydrogen-bond donors (Lipinski definition) is 1. The summed E-state index contributed by atoms with van der Waals surface area (Å²) < 4.78 is 2.43. The molecule has 112 valence electrons. The van der Waals surface area contributed by atoms with Crippen molar-refractivity contribution in [3.63, 3.8) is 0 Å². The quantitative estimate of drug-likeness (QED) is 0.946. The molecule has 0 bridgehead atoms. The Hall–Kier alpha value is -1.10. The number of benzene rings is 1. The van der Waals surface area contributed by atoms with Gasteiger partial charge in [-0.25, -0.2) is 4.98 Å². The van der Waals surface area contributed by atoms with E-state index in [1.54, 1.807) is 0 Å². The van der Waals surface area contributed by atoms with Crippen LogP contribution in [0.25, 0.3) is 11.0 Å². The fourth-order valence-corrected chi connectivity index (χ4v) is 3.39. The largest absolute Gasteiger partial charge is 0.324 e. The van der Waals surface area contributed by atoms with Crippen LogP contribution < -0.4 is 5.32 Å². The standard InChI is InChI=1S/C16H21ClN4/c17-12-2-5-14-15(10-12)21(13-3-4-13)16(19-14)11-20-8-1-6-18-7-9-20/h2,5,10,13,18H,1,3-4,6-9,11H2. The average molecular weight is 305 g/mol. The predicted molar refractivity (Wildman–Crippen MR) is 85.8 cm³/mol. The number of fused-ring (bicyclic) bond motifs is 1. The Morgan fingerprint density at radius 2 is 2.14 bits per heavy atom. The Kier molecular flexibility index (Phi) is 3.61. The van der Waals surface area contributed by atoms with E-state index in [0.29, 0.717) is 6.04 Å². The van der Waals surface area contributed by atoms with Gasteiger partial charge in [-0.1, -0.05) is 11.6 Å². The summed E-state index contributed by atoms with van der Waals surface area (Å²) in [5.41, 5.74) is 2.28. The van der Waals surface area contributed by atoms with Crippen LogP contribution in [0.5, 0.6) is 0 Å². The van der Waals surface area contributed by atoms with Crippen LogP contribution in [0.3, 0.4) is 0 Å². The zero-order chi connectivity index (χ0) is 14.2. The Balaban J connectivity index is 1.68. The summed E-state index contributed by atoms with van der Waals surface area (Å²) in [5.74, 6) is 1.21. The first kappa shape index (κ1) is 13.6. The molecule has 4 rings (SSSR count). The first-order chi connectivity index (χ1) is 10.3. The summed E-state index contributed by atoms with van der Waals surface area (Å²) in [5, 5.41) is 4.26. The number of imidazole rings is 1. The summed E-state index contributed by atoms with van der Waals surface area (Å²) in [7, 11) is 0. The molecule has 0 amide bonds.